The lowest BCUT2D eigenvalue weighted by Gasteiger charge is -2.09. The third kappa shape index (κ3) is 5.60. The third-order valence-electron chi connectivity index (χ3n) is 4.29. The minimum absolute atomic E-state index is 0.0992. The molecule has 0 atom stereocenters. The standard InChI is InChI=1S/C22H25N5O3/c1-4-30-19-11-9-18(10-12-19)24-22(29)16-5-7-17(8-6-16)23-14-21(28)25-20-13-15(2)26-27(20)3/h5-13,23H,4,14H2,1-3H3,(H,24,29)(H,25,28). The number of nitrogens with zero attached hydrogens (tertiary/aromatic N) is 2. The second kappa shape index (κ2) is 9.60. The highest BCUT2D eigenvalue weighted by molar-refractivity contribution is 6.04. The van der Waals surface area contributed by atoms with Crippen LogP contribution in [0.25, 0.3) is 0 Å². The van der Waals surface area contributed by atoms with Gasteiger partial charge in [-0.3, -0.25) is 14.3 Å². The van der Waals surface area contributed by atoms with Crippen molar-refractivity contribution in [1.82, 2.24) is 9.78 Å². The van der Waals surface area contributed by atoms with Crippen LogP contribution in [0.1, 0.15) is 23.0 Å². The first-order valence-electron chi connectivity index (χ1n) is 9.63. The molecule has 0 radical (unpaired) electrons. The van der Waals surface area contributed by atoms with Gasteiger partial charge in [0.05, 0.1) is 18.8 Å². The van der Waals surface area contributed by atoms with Gasteiger partial charge in [-0.25, -0.2) is 0 Å². The zero-order valence-corrected chi connectivity index (χ0v) is 17.2. The first-order chi connectivity index (χ1) is 14.4. The summed E-state index contributed by atoms with van der Waals surface area (Å²) in [6, 6.07) is 15.9. The Morgan fingerprint density at radius 3 is 2.27 bits per heavy atom. The zero-order chi connectivity index (χ0) is 21.5. The van der Waals surface area contributed by atoms with Crippen LogP contribution in [-0.2, 0) is 11.8 Å². The highest BCUT2D eigenvalue weighted by Gasteiger charge is 2.09. The quantitative estimate of drug-likeness (QED) is 0.532. The van der Waals surface area contributed by atoms with Crippen LogP contribution in [0, 0.1) is 6.92 Å². The molecule has 30 heavy (non-hydrogen) atoms. The zero-order valence-electron chi connectivity index (χ0n) is 17.2. The number of carbonyl (C=O) groups excluding carboxylic acids is 2. The fourth-order valence-electron chi connectivity index (χ4n) is 2.84. The lowest BCUT2D eigenvalue weighted by atomic mass is 10.2. The average molecular weight is 407 g/mol. The molecule has 8 heteroatoms. The number of amides is 2. The Balaban J connectivity index is 1.50. The van der Waals surface area contributed by atoms with Gasteiger partial charge in [0, 0.05) is 30.1 Å². The lowest BCUT2D eigenvalue weighted by molar-refractivity contribution is -0.114. The molecular formula is C22H25N5O3. The van der Waals surface area contributed by atoms with Crippen LogP contribution in [0.5, 0.6) is 5.75 Å². The number of ether oxygens (including phenoxy) is 1. The summed E-state index contributed by atoms with van der Waals surface area (Å²) in [5.74, 6) is 0.999. The van der Waals surface area contributed by atoms with E-state index in [0.29, 0.717) is 23.7 Å². The van der Waals surface area contributed by atoms with Crippen molar-refractivity contribution >= 4 is 29.0 Å². The van der Waals surface area contributed by atoms with Crippen molar-refractivity contribution in [1.29, 1.82) is 0 Å². The van der Waals surface area contributed by atoms with Crippen molar-refractivity contribution in [3.63, 3.8) is 0 Å². The number of carbonyl (C=O) groups is 2. The number of aromatic nitrogens is 2. The summed E-state index contributed by atoms with van der Waals surface area (Å²) >= 11 is 0. The highest BCUT2D eigenvalue weighted by atomic mass is 16.5. The number of anilines is 3. The van der Waals surface area contributed by atoms with Crippen molar-refractivity contribution in [3.8, 4) is 5.75 Å². The Morgan fingerprint density at radius 2 is 1.67 bits per heavy atom. The second-order valence-electron chi connectivity index (χ2n) is 6.69. The Labute approximate surface area is 175 Å². The number of benzene rings is 2. The number of hydrogen-bond acceptors (Lipinski definition) is 5. The average Bonchev–Trinajstić information content (AvgIpc) is 3.05. The van der Waals surface area contributed by atoms with Gasteiger partial charge < -0.3 is 20.7 Å². The van der Waals surface area contributed by atoms with Crippen LogP contribution < -0.4 is 20.7 Å². The van der Waals surface area contributed by atoms with E-state index in [1.807, 2.05) is 26.0 Å². The molecule has 0 saturated carbocycles. The Hall–Kier alpha value is -3.81. The SMILES string of the molecule is CCOc1ccc(NC(=O)c2ccc(NCC(=O)Nc3cc(C)nn3C)cc2)cc1. The number of aryl methyl sites for hydroxylation is 2. The summed E-state index contributed by atoms with van der Waals surface area (Å²) in [4.78, 5) is 24.5. The minimum atomic E-state index is -0.213. The first kappa shape index (κ1) is 20.9. The van der Waals surface area contributed by atoms with Gasteiger partial charge in [-0.15, -0.1) is 0 Å². The fourth-order valence-corrected chi connectivity index (χ4v) is 2.84. The van der Waals surface area contributed by atoms with E-state index in [4.69, 9.17) is 4.74 Å². The van der Waals surface area contributed by atoms with Gasteiger partial charge in [-0.2, -0.15) is 5.10 Å². The lowest BCUT2D eigenvalue weighted by Crippen LogP contribution is -2.23. The van der Waals surface area contributed by atoms with Crippen molar-refractivity contribution in [2.75, 3.05) is 29.1 Å². The highest BCUT2D eigenvalue weighted by Crippen LogP contribution is 2.17. The van der Waals surface area contributed by atoms with E-state index in [9.17, 15) is 9.59 Å². The molecule has 2 amide bonds. The second-order valence-corrected chi connectivity index (χ2v) is 6.69. The third-order valence-corrected chi connectivity index (χ3v) is 4.29. The molecule has 8 nitrogen and oxygen atoms in total. The Kier molecular flexibility index (Phi) is 6.69. The molecule has 1 heterocycles. The maximum atomic E-state index is 12.4. The molecule has 3 N–H and O–H groups in total. The molecular weight excluding hydrogens is 382 g/mol. The van der Waals surface area contributed by atoms with Crippen molar-refractivity contribution in [3.05, 3.63) is 65.9 Å². The molecule has 0 saturated heterocycles. The topological polar surface area (TPSA) is 97.3 Å². The maximum Gasteiger partial charge on any atom is 0.255 e. The summed E-state index contributed by atoms with van der Waals surface area (Å²) in [7, 11) is 1.77. The maximum absolute atomic E-state index is 12.4. The van der Waals surface area contributed by atoms with E-state index in [1.54, 1.807) is 54.2 Å². The van der Waals surface area contributed by atoms with E-state index < -0.39 is 0 Å². The van der Waals surface area contributed by atoms with Gasteiger partial charge in [0.2, 0.25) is 5.91 Å². The largest absolute Gasteiger partial charge is 0.494 e. The first-order valence-corrected chi connectivity index (χ1v) is 9.63. The summed E-state index contributed by atoms with van der Waals surface area (Å²) in [5, 5.41) is 12.9. The molecule has 156 valence electrons. The van der Waals surface area contributed by atoms with Crippen molar-refractivity contribution in [2.45, 2.75) is 13.8 Å². The summed E-state index contributed by atoms with van der Waals surface area (Å²) in [6.45, 7) is 4.47. The van der Waals surface area contributed by atoms with Crippen LogP contribution in [0.4, 0.5) is 17.2 Å². The monoisotopic (exact) mass is 407 g/mol. The van der Waals surface area contributed by atoms with Gasteiger partial charge in [0.25, 0.3) is 5.91 Å². The summed E-state index contributed by atoms with van der Waals surface area (Å²) < 4.78 is 7.01. The molecule has 0 unspecified atom stereocenters. The molecule has 0 aliphatic heterocycles. The summed E-state index contributed by atoms with van der Waals surface area (Å²) in [5.41, 5.74) is 2.78. The van der Waals surface area contributed by atoms with E-state index in [-0.39, 0.29) is 18.4 Å². The summed E-state index contributed by atoms with van der Waals surface area (Å²) in [6.07, 6.45) is 0. The molecule has 3 rings (SSSR count). The number of hydrogen-bond donors (Lipinski definition) is 3. The normalized spacial score (nSPS) is 10.4. The molecule has 3 aromatic rings. The molecule has 0 bridgehead atoms. The van der Waals surface area contributed by atoms with E-state index in [2.05, 4.69) is 21.0 Å². The molecule has 0 aliphatic rings. The van der Waals surface area contributed by atoms with Gasteiger partial charge >= 0.3 is 0 Å². The molecule has 0 spiro atoms. The molecule has 2 aromatic carbocycles. The number of nitrogens with one attached hydrogen (secondary N) is 3. The fraction of sp³-hybridized carbons (Fsp3) is 0.227. The van der Waals surface area contributed by atoms with Gasteiger partial charge in [-0.1, -0.05) is 0 Å². The van der Waals surface area contributed by atoms with Crippen LogP contribution >= 0.6 is 0 Å². The predicted molar refractivity (Wildman–Crippen MR) is 117 cm³/mol. The van der Waals surface area contributed by atoms with Gasteiger partial charge in [-0.05, 0) is 62.4 Å². The molecule has 0 fully saturated rings. The van der Waals surface area contributed by atoms with Crippen LogP contribution in [0.2, 0.25) is 0 Å². The van der Waals surface area contributed by atoms with Crippen LogP contribution in [-0.4, -0.2) is 34.7 Å². The number of rotatable bonds is 8. The Morgan fingerprint density at radius 1 is 1.00 bits per heavy atom. The van der Waals surface area contributed by atoms with Crippen molar-refractivity contribution < 1.29 is 14.3 Å². The molecule has 1 aromatic heterocycles. The van der Waals surface area contributed by atoms with E-state index in [0.717, 1.165) is 17.1 Å². The van der Waals surface area contributed by atoms with E-state index in [1.165, 1.54) is 0 Å². The van der Waals surface area contributed by atoms with Gasteiger partial charge in [0.15, 0.2) is 0 Å². The predicted octanol–water partition coefficient (Wildman–Crippen LogP) is 3.43. The van der Waals surface area contributed by atoms with E-state index >= 15 is 0 Å². The van der Waals surface area contributed by atoms with Gasteiger partial charge in [0.1, 0.15) is 11.6 Å². The van der Waals surface area contributed by atoms with Crippen molar-refractivity contribution in [2.24, 2.45) is 7.05 Å². The van der Waals surface area contributed by atoms with Crippen LogP contribution in [0.15, 0.2) is 54.6 Å². The smallest absolute Gasteiger partial charge is 0.255 e. The van der Waals surface area contributed by atoms with Crippen LogP contribution in [0.3, 0.4) is 0 Å². The minimum Gasteiger partial charge on any atom is -0.494 e. The Bertz CT molecular complexity index is 1010. The molecule has 0 aliphatic carbocycles.